The summed E-state index contributed by atoms with van der Waals surface area (Å²) in [5, 5.41) is 0. The van der Waals surface area contributed by atoms with E-state index in [0.717, 1.165) is 19.3 Å². The lowest BCUT2D eigenvalue weighted by Crippen LogP contribution is -2.29. The first kappa shape index (κ1) is 12.8. The molecule has 1 aliphatic heterocycles. The number of epoxide rings is 1. The Morgan fingerprint density at radius 3 is 2.94 bits per heavy atom. The van der Waals surface area contributed by atoms with E-state index < -0.39 is 0 Å². The highest BCUT2D eigenvalue weighted by Crippen LogP contribution is 2.49. The van der Waals surface area contributed by atoms with Gasteiger partial charge < -0.3 is 14.2 Å². The van der Waals surface area contributed by atoms with Gasteiger partial charge in [-0.25, -0.2) is 0 Å². The van der Waals surface area contributed by atoms with E-state index >= 15 is 0 Å². The Morgan fingerprint density at radius 2 is 2.29 bits per heavy atom. The summed E-state index contributed by atoms with van der Waals surface area (Å²) in [6.07, 6.45) is 2.98. The van der Waals surface area contributed by atoms with Crippen LogP contribution in [0.15, 0.2) is 0 Å². The molecule has 0 bridgehead atoms. The summed E-state index contributed by atoms with van der Waals surface area (Å²) in [5.74, 6) is 0.228. The van der Waals surface area contributed by atoms with Gasteiger partial charge in [0.15, 0.2) is 0 Å². The number of carbonyl (C=O) groups is 1. The van der Waals surface area contributed by atoms with E-state index in [0.29, 0.717) is 13.2 Å². The van der Waals surface area contributed by atoms with Gasteiger partial charge in [0.2, 0.25) is 0 Å². The molecule has 1 heterocycles. The van der Waals surface area contributed by atoms with Crippen molar-refractivity contribution in [2.24, 2.45) is 11.8 Å². The smallest absolute Gasteiger partial charge is 0.309 e. The maximum absolute atomic E-state index is 11.9. The van der Waals surface area contributed by atoms with E-state index in [1.54, 1.807) is 7.11 Å². The fourth-order valence-corrected chi connectivity index (χ4v) is 2.53. The summed E-state index contributed by atoms with van der Waals surface area (Å²) >= 11 is 0. The number of hydrogen-bond donors (Lipinski definition) is 0. The Labute approximate surface area is 103 Å². The van der Waals surface area contributed by atoms with Crippen LogP contribution in [0.1, 0.15) is 33.1 Å². The lowest BCUT2D eigenvalue weighted by molar-refractivity contribution is -0.151. The molecular formula is C13H22O4. The number of methoxy groups -OCH3 is 1. The molecule has 4 heteroatoms. The zero-order chi connectivity index (χ0) is 12.5. The number of esters is 1. The second kappa shape index (κ2) is 4.94. The van der Waals surface area contributed by atoms with Crippen molar-refractivity contribution >= 4 is 5.97 Å². The first-order valence-corrected chi connectivity index (χ1v) is 6.38. The van der Waals surface area contributed by atoms with Crippen LogP contribution in [0.25, 0.3) is 0 Å². The van der Waals surface area contributed by atoms with E-state index in [4.69, 9.17) is 14.2 Å². The van der Waals surface area contributed by atoms with Gasteiger partial charge in [0.25, 0.3) is 0 Å². The van der Waals surface area contributed by atoms with Crippen LogP contribution in [-0.2, 0) is 19.0 Å². The van der Waals surface area contributed by atoms with Crippen molar-refractivity contribution in [3.05, 3.63) is 0 Å². The van der Waals surface area contributed by atoms with Gasteiger partial charge in [0.1, 0.15) is 0 Å². The summed E-state index contributed by atoms with van der Waals surface area (Å²) in [7, 11) is 1.66. The Morgan fingerprint density at radius 1 is 1.53 bits per heavy atom. The summed E-state index contributed by atoms with van der Waals surface area (Å²) in [4.78, 5) is 11.9. The number of ether oxygens (including phenoxy) is 3. The van der Waals surface area contributed by atoms with Gasteiger partial charge in [-0.2, -0.15) is 0 Å². The van der Waals surface area contributed by atoms with Crippen molar-refractivity contribution in [1.29, 1.82) is 0 Å². The second-order valence-electron chi connectivity index (χ2n) is 5.58. The van der Waals surface area contributed by atoms with Crippen molar-refractivity contribution in [2.75, 3.05) is 20.3 Å². The van der Waals surface area contributed by atoms with Gasteiger partial charge in [0.05, 0.1) is 30.8 Å². The summed E-state index contributed by atoms with van der Waals surface area (Å²) in [6, 6.07) is 0. The lowest BCUT2D eigenvalue weighted by Gasteiger charge is -2.21. The zero-order valence-corrected chi connectivity index (χ0v) is 10.9. The van der Waals surface area contributed by atoms with Crippen LogP contribution < -0.4 is 0 Å². The molecule has 2 fully saturated rings. The van der Waals surface area contributed by atoms with Crippen molar-refractivity contribution in [3.8, 4) is 0 Å². The predicted octanol–water partition coefficient (Wildman–Crippen LogP) is 1.77. The summed E-state index contributed by atoms with van der Waals surface area (Å²) < 4.78 is 15.9. The van der Waals surface area contributed by atoms with Crippen molar-refractivity contribution in [1.82, 2.24) is 0 Å². The van der Waals surface area contributed by atoms with Gasteiger partial charge in [-0.1, -0.05) is 6.92 Å². The Balaban J connectivity index is 1.70. The number of carbonyl (C=O) groups excluding carboxylic acids is 1. The summed E-state index contributed by atoms with van der Waals surface area (Å²) in [6.45, 7) is 5.21. The van der Waals surface area contributed by atoms with E-state index in [1.807, 2.05) is 6.92 Å². The van der Waals surface area contributed by atoms with E-state index in [9.17, 15) is 4.79 Å². The molecule has 0 spiro atoms. The molecule has 0 amide bonds. The standard InChI is InChI=1S/C13H22O4/c1-9(7-15-3)8-16-12(14)10-4-5-13(2)11(6-10)17-13/h9-11H,4-8H2,1-3H3. The molecule has 2 rings (SSSR count). The lowest BCUT2D eigenvalue weighted by atomic mass is 9.83. The van der Waals surface area contributed by atoms with Gasteiger partial charge in [-0.05, 0) is 26.2 Å². The van der Waals surface area contributed by atoms with Gasteiger partial charge in [-0.3, -0.25) is 4.79 Å². The highest BCUT2D eigenvalue weighted by Gasteiger charge is 2.56. The molecule has 0 aromatic heterocycles. The first-order chi connectivity index (χ1) is 8.05. The number of hydrogen-bond acceptors (Lipinski definition) is 4. The molecule has 1 saturated heterocycles. The molecule has 0 aromatic carbocycles. The molecule has 1 aliphatic carbocycles. The minimum atomic E-state index is -0.0643. The molecular weight excluding hydrogens is 220 g/mol. The molecule has 1 saturated carbocycles. The van der Waals surface area contributed by atoms with Crippen LogP contribution >= 0.6 is 0 Å². The molecule has 17 heavy (non-hydrogen) atoms. The molecule has 0 N–H and O–H groups in total. The van der Waals surface area contributed by atoms with Crippen LogP contribution in [0.5, 0.6) is 0 Å². The van der Waals surface area contributed by atoms with Crippen molar-refractivity contribution < 1.29 is 19.0 Å². The fourth-order valence-electron chi connectivity index (χ4n) is 2.53. The van der Waals surface area contributed by atoms with Crippen molar-refractivity contribution in [3.63, 3.8) is 0 Å². The van der Waals surface area contributed by atoms with E-state index in [1.165, 1.54) is 0 Å². The van der Waals surface area contributed by atoms with Crippen LogP contribution in [0.3, 0.4) is 0 Å². The van der Waals surface area contributed by atoms with E-state index in [-0.39, 0.29) is 29.5 Å². The minimum absolute atomic E-state index is 0.0327. The van der Waals surface area contributed by atoms with Crippen LogP contribution in [0.2, 0.25) is 0 Å². The Bertz CT molecular complexity index is 291. The first-order valence-electron chi connectivity index (χ1n) is 6.38. The highest BCUT2D eigenvalue weighted by molar-refractivity contribution is 5.72. The SMILES string of the molecule is COCC(C)COC(=O)C1CCC2(C)OC2C1. The summed E-state index contributed by atoms with van der Waals surface area (Å²) in [5.41, 5.74) is 0.0696. The molecule has 98 valence electrons. The Kier molecular flexibility index (Phi) is 3.73. The topological polar surface area (TPSA) is 48.1 Å². The normalized spacial score (nSPS) is 37.1. The number of rotatable bonds is 5. The quantitative estimate of drug-likeness (QED) is 0.544. The van der Waals surface area contributed by atoms with Crippen LogP contribution in [0.4, 0.5) is 0 Å². The third-order valence-corrected chi connectivity index (χ3v) is 3.82. The largest absolute Gasteiger partial charge is 0.465 e. The second-order valence-corrected chi connectivity index (χ2v) is 5.58. The van der Waals surface area contributed by atoms with Gasteiger partial charge in [-0.15, -0.1) is 0 Å². The third-order valence-electron chi connectivity index (χ3n) is 3.82. The van der Waals surface area contributed by atoms with Crippen LogP contribution in [-0.4, -0.2) is 38.0 Å². The van der Waals surface area contributed by atoms with E-state index in [2.05, 4.69) is 6.92 Å². The molecule has 4 unspecified atom stereocenters. The molecule has 4 atom stereocenters. The molecule has 4 nitrogen and oxygen atoms in total. The number of fused-ring (bicyclic) bond motifs is 1. The molecule has 0 radical (unpaired) electrons. The van der Waals surface area contributed by atoms with Crippen molar-refractivity contribution in [2.45, 2.75) is 44.8 Å². The Hall–Kier alpha value is -0.610. The average Bonchev–Trinajstić information content (AvgIpc) is 2.96. The maximum atomic E-state index is 11.9. The monoisotopic (exact) mass is 242 g/mol. The predicted molar refractivity (Wildman–Crippen MR) is 62.6 cm³/mol. The molecule has 0 aromatic rings. The average molecular weight is 242 g/mol. The third kappa shape index (κ3) is 2.99. The molecule has 2 aliphatic rings. The van der Waals surface area contributed by atoms with Crippen LogP contribution in [0, 0.1) is 11.8 Å². The fraction of sp³-hybridized carbons (Fsp3) is 0.923. The van der Waals surface area contributed by atoms with Gasteiger partial charge >= 0.3 is 5.97 Å². The maximum Gasteiger partial charge on any atom is 0.309 e. The zero-order valence-electron chi connectivity index (χ0n) is 10.9. The highest BCUT2D eigenvalue weighted by atomic mass is 16.6. The minimum Gasteiger partial charge on any atom is -0.465 e. The van der Waals surface area contributed by atoms with Gasteiger partial charge in [0, 0.05) is 13.0 Å².